The van der Waals surface area contributed by atoms with Crippen LogP contribution in [0.1, 0.15) is 88.5 Å². The highest BCUT2D eigenvalue weighted by Gasteiger charge is 2.22. The second-order valence-corrected chi connectivity index (χ2v) is 10.5. The lowest BCUT2D eigenvalue weighted by Crippen LogP contribution is -2.14. The molecule has 32 heavy (non-hydrogen) atoms. The summed E-state index contributed by atoms with van der Waals surface area (Å²) in [4.78, 5) is 23.6. The van der Waals surface area contributed by atoms with Gasteiger partial charge in [-0.25, -0.2) is 0 Å². The summed E-state index contributed by atoms with van der Waals surface area (Å²) in [5.74, 6) is -3.08. The van der Waals surface area contributed by atoms with Gasteiger partial charge in [-0.15, -0.1) is 0 Å². The third kappa shape index (κ3) is 6.81. The van der Waals surface area contributed by atoms with Gasteiger partial charge in [0.15, 0.2) is 0 Å². The lowest BCUT2D eigenvalue weighted by Gasteiger charge is -2.20. The van der Waals surface area contributed by atoms with Crippen molar-refractivity contribution in [3.63, 3.8) is 0 Å². The van der Waals surface area contributed by atoms with Crippen molar-refractivity contribution >= 4 is 11.9 Å². The first-order valence-electron chi connectivity index (χ1n) is 11.1. The monoisotopic (exact) mass is 436 g/mol. The Morgan fingerprint density at radius 1 is 0.656 bits per heavy atom. The molecule has 0 bridgehead atoms. The van der Waals surface area contributed by atoms with Crippen LogP contribution in [0.3, 0.4) is 0 Å². The molecular weight excluding hydrogens is 400 g/mol. The molecular formula is C28H36O4. The molecule has 0 heterocycles. The summed E-state index contributed by atoms with van der Waals surface area (Å²) in [6.45, 7) is 12.7. The molecule has 172 valence electrons. The van der Waals surface area contributed by atoms with Gasteiger partial charge in [0, 0.05) is 0 Å². The van der Waals surface area contributed by atoms with Crippen molar-refractivity contribution in [1.29, 1.82) is 0 Å². The average molecular weight is 437 g/mol. The maximum absolute atomic E-state index is 11.8. The minimum atomic E-state index is -0.884. The molecule has 2 N–H and O–H groups in total. The molecule has 2 rings (SSSR count). The zero-order valence-electron chi connectivity index (χ0n) is 20.1. The maximum Gasteiger partial charge on any atom is 0.311 e. The first kappa shape index (κ1) is 25.4. The molecule has 2 unspecified atom stereocenters. The van der Waals surface area contributed by atoms with E-state index in [2.05, 4.69) is 41.5 Å². The SMILES string of the molecule is CC(C)(C)c1ccc(C(C/C=C/CC(C(=O)O)c2ccc(C(C)(C)C)cc2)C(=O)O)cc1. The fourth-order valence-electron chi connectivity index (χ4n) is 3.65. The Hall–Kier alpha value is -2.88. The highest BCUT2D eigenvalue weighted by Crippen LogP contribution is 2.28. The lowest BCUT2D eigenvalue weighted by molar-refractivity contribution is -0.139. The number of carboxylic acid groups (broad SMARTS) is 2. The van der Waals surface area contributed by atoms with Crippen molar-refractivity contribution in [1.82, 2.24) is 0 Å². The van der Waals surface area contributed by atoms with Gasteiger partial charge in [0.25, 0.3) is 0 Å². The van der Waals surface area contributed by atoms with E-state index in [1.165, 1.54) is 0 Å². The highest BCUT2D eigenvalue weighted by molar-refractivity contribution is 5.77. The number of benzene rings is 2. The molecule has 2 aromatic carbocycles. The summed E-state index contributed by atoms with van der Waals surface area (Å²) < 4.78 is 0. The first-order valence-corrected chi connectivity index (χ1v) is 11.1. The normalized spacial score (nSPS) is 14.3. The number of rotatable bonds is 8. The largest absolute Gasteiger partial charge is 0.481 e. The van der Waals surface area contributed by atoms with Crippen molar-refractivity contribution in [2.45, 2.75) is 77.0 Å². The van der Waals surface area contributed by atoms with Crippen molar-refractivity contribution < 1.29 is 19.8 Å². The molecule has 0 amide bonds. The van der Waals surface area contributed by atoms with E-state index in [9.17, 15) is 19.8 Å². The quantitative estimate of drug-likeness (QED) is 0.454. The molecule has 2 aromatic rings. The van der Waals surface area contributed by atoms with Crippen LogP contribution >= 0.6 is 0 Å². The van der Waals surface area contributed by atoms with Crippen LogP contribution in [-0.2, 0) is 20.4 Å². The number of carboxylic acids is 2. The van der Waals surface area contributed by atoms with Gasteiger partial charge in [-0.05, 0) is 45.9 Å². The van der Waals surface area contributed by atoms with E-state index >= 15 is 0 Å². The summed E-state index contributed by atoms with van der Waals surface area (Å²) in [6, 6.07) is 15.4. The standard InChI is InChI=1S/C28H36O4/c1-27(2,3)21-15-11-19(12-16-21)23(25(29)30)9-7-8-10-24(26(31)32)20-13-17-22(18-14-20)28(4,5)6/h7-8,11-18,23-24H,9-10H2,1-6H3,(H,29,30)(H,31,32)/b8-7+. The molecule has 2 atom stereocenters. The fraction of sp³-hybridized carbons (Fsp3) is 0.429. The summed E-state index contributed by atoms with van der Waals surface area (Å²) >= 11 is 0. The third-order valence-corrected chi connectivity index (χ3v) is 5.86. The van der Waals surface area contributed by atoms with Gasteiger partial charge in [0.05, 0.1) is 11.8 Å². The van der Waals surface area contributed by atoms with Crippen molar-refractivity contribution in [3.05, 3.63) is 82.9 Å². The Morgan fingerprint density at radius 2 is 0.938 bits per heavy atom. The van der Waals surface area contributed by atoms with Crippen molar-refractivity contribution in [2.75, 3.05) is 0 Å². The van der Waals surface area contributed by atoms with E-state index in [0.29, 0.717) is 12.8 Å². The third-order valence-electron chi connectivity index (χ3n) is 5.86. The minimum absolute atomic E-state index is 0.00802. The topological polar surface area (TPSA) is 74.6 Å². The van der Waals surface area contributed by atoms with Crippen LogP contribution in [0.15, 0.2) is 60.7 Å². The van der Waals surface area contributed by atoms with Gasteiger partial charge < -0.3 is 10.2 Å². The summed E-state index contributed by atoms with van der Waals surface area (Å²) in [7, 11) is 0. The van der Waals surface area contributed by atoms with Gasteiger partial charge in [-0.3, -0.25) is 9.59 Å². The zero-order valence-corrected chi connectivity index (χ0v) is 20.1. The average Bonchev–Trinajstić information content (AvgIpc) is 2.69. The molecule has 0 radical (unpaired) electrons. The molecule has 0 aromatic heterocycles. The maximum atomic E-state index is 11.8. The zero-order chi connectivity index (χ0) is 24.1. The van der Waals surface area contributed by atoms with Gasteiger partial charge in [-0.1, -0.05) is 102 Å². The number of allylic oxidation sites excluding steroid dienone is 2. The van der Waals surface area contributed by atoms with Crippen LogP contribution in [0.5, 0.6) is 0 Å². The van der Waals surface area contributed by atoms with Gasteiger partial charge in [0.2, 0.25) is 0 Å². The van der Waals surface area contributed by atoms with E-state index in [-0.39, 0.29) is 10.8 Å². The highest BCUT2D eigenvalue weighted by atomic mass is 16.4. The first-order chi connectivity index (χ1) is 14.8. The Balaban J connectivity index is 2.09. The van der Waals surface area contributed by atoms with Crippen LogP contribution in [0.4, 0.5) is 0 Å². The number of aliphatic carboxylic acids is 2. The lowest BCUT2D eigenvalue weighted by atomic mass is 9.85. The second-order valence-electron chi connectivity index (χ2n) is 10.5. The predicted molar refractivity (Wildman–Crippen MR) is 129 cm³/mol. The van der Waals surface area contributed by atoms with E-state index in [1.807, 2.05) is 48.5 Å². The van der Waals surface area contributed by atoms with Crippen molar-refractivity contribution in [3.8, 4) is 0 Å². The molecule has 0 aliphatic carbocycles. The summed E-state index contributed by atoms with van der Waals surface area (Å²) in [5, 5.41) is 19.4. The van der Waals surface area contributed by atoms with Crippen LogP contribution < -0.4 is 0 Å². The Bertz CT molecular complexity index is 859. The molecule has 4 nitrogen and oxygen atoms in total. The van der Waals surface area contributed by atoms with Gasteiger partial charge in [0.1, 0.15) is 0 Å². The minimum Gasteiger partial charge on any atom is -0.481 e. The van der Waals surface area contributed by atoms with Gasteiger partial charge >= 0.3 is 11.9 Å². The molecule has 0 fully saturated rings. The van der Waals surface area contributed by atoms with Crippen LogP contribution in [0.2, 0.25) is 0 Å². The molecule has 0 saturated carbocycles. The second kappa shape index (κ2) is 10.2. The molecule has 0 aliphatic rings. The Labute approximate surface area is 192 Å². The van der Waals surface area contributed by atoms with E-state index in [0.717, 1.165) is 22.3 Å². The predicted octanol–water partition coefficient (Wildman–Crippen LogP) is 6.65. The van der Waals surface area contributed by atoms with Crippen LogP contribution in [-0.4, -0.2) is 22.2 Å². The van der Waals surface area contributed by atoms with E-state index in [4.69, 9.17) is 0 Å². The van der Waals surface area contributed by atoms with Gasteiger partial charge in [-0.2, -0.15) is 0 Å². The number of hydrogen-bond donors (Lipinski definition) is 2. The Morgan fingerprint density at radius 3 is 1.16 bits per heavy atom. The molecule has 0 spiro atoms. The smallest absolute Gasteiger partial charge is 0.311 e. The summed E-state index contributed by atoms with van der Waals surface area (Å²) in [5.41, 5.74) is 3.83. The van der Waals surface area contributed by atoms with Crippen LogP contribution in [0.25, 0.3) is 0 Å². The number of carbonyl (C=O) groups is 2. The molecule has 0 aliphatic heterocycles. The Kier molecular flexibility index (Phi) is 8.06. The molecule has 0 saturated heterocycles. The van der Waals surface area contributed by atoms with Crippen molar-refractivity contribution in [2.24, 2.45) is 0 Å². The van der Waals surface area contributed by atoms with E-state index < -0.39 is 23.8 Å². The molecule has 4 heteroatoms. The van der Waals surface area contributed by atoms with Crippen LogP contribution in [0, 0.1) is 0 Å². The summed E-state index contributed by atoms with van der Waals surface area (Å²) in [6.07, 6.45) is 4.21. The van der Waals surface area contributed by atoms with E-state index in [1.54, 1.807) is 12.2 Å². The fourth-order valence-corrected chi connectivity index (χ4v) is 3.65. The number of hydrogen-bond acceptors (Lipinski definition) is 2.